The number of hydrogen-bond donors (Lipinski definition) is 1. The number of non-ortho nitro benzene ring substituents is 1. The number of nitro groups is 1. The van der Waals surface area contributed by atoms with Gasteiger partial charge in [-0.05, 0) is 24.3 Å². The van der Waals surface area contributed by atoms with Crippen molar-refractivity contribution in [3.05, 3.63) is 68.7 Å². The van der Waals surface area contributed by atoms with Crippen LogP contribution in [0.2, 0.25) is 5.02 Å². The van der Waals surface area contributed by atoms with Crippen molar-refractivity contribution < 1.29 is 32.4 Å². The minimum Gasteiger partial charge on any atom is -0.452 e. The number of hydrogen-bond acceptors (Lipinski definition) is 5. The fourth-order valence-electron chi connectivity index (χ4n) is 1.98. The Morgan fingerprint density at radius 3 is 2.52 bits per heavy atom. The highest BCUT2D eigenvalue weighted by Crippen LogP contribution is 2.36. The number of alkyl halides is 3. The number of esters is 1. The van der Waals surface area contributed by atoms with Gasteiger partial charge in [-0.25, -0.2) is 4.79 Å². The zero-order chi connectivity index (χ0) is 20.2. The van der Waals surface area contributed by atoms with Gasteiger partial charge in [0.15, 0.2) is 6.61 Å². The van der Waals surface area contributed by atoms with Crippen molar-refractivity contribution in [3.63, 3.8) is 0 Å². The average molecular weight is 403 g/mol. The smallest absolute Gasteiger partial charge is 0.417 e. The molecule has 0 spiro atoms. The van der Waals surface area contributed by atoms with E-state index in [0.717, 1.165) is 18.2 Å². The zero-order valence-corrected chi connectivity index (χ0v) is 14.0. The molecule has 2 rings (SSSR count). The number of rotatable bonds is 5. The molecule has 1 N–H and O–H groups in total. The molecule has 0 heterocycles. The SMILES string of the molecule is O=C(COC(=O)c1cccc([N+](=O)[O-])c1)Nc1ccc(Cl)c(C(F)(F)F)c1. The summed E-state index contributed by atoms with van der Waals surface area (Å²) in [5, 5.41) is 12.3. The van der Waals surface area contributed by atoms with Crippen LogP contribution in [0.25, 0.3) is 0 Å². The highest BCUT2D eigenvalue weighted by atomic mass is 35.5. The normalized spacial score (nSPS) is 11.0. The fraction of sp³-hybridized carbons (Fsp3) is 0.125. The molecule has 0 aromatic heterocycles. The standard InChI is InChI=1S/C16H10ClF3N2O5/c17-13-5-4-10(7-12(13)16(18,19)20)21-14(23)8-27-15(24)9-2-1-3-11(6-9)22(25)26/h1-7H,8H2,(H,21,23). The van der Waals surface area contributed by atoms with Crippen molar-refractivity contribution in [3.8, 4) is 0 Å². The first-order chi connectivity index (χ1) is 12.6. The Bertz CT molecular complexity index is 902. The number of ether oxygens (including phenoxy) is 1. The second-order valence-corrected chi connectivity index (χ2v) is 5.53. The Balaban J connectivity index is 2.00. The maximum absolute atomic E-state index is 12.8. The molecule has 0 radical (unpaired) electrons. The molecule has 0 saturated heterocycles. The summed E-state index contributed by atoms with van der Waals surface area (Å²) >= 11 is 5.47. The number of benzene rings is 2. The third-order valence-electron chi connectivity index (χ3n) is 3.18. The summed E-state index contributed by atoms with van der Waals surface area (Å²) in [6, 6.07) is 7.41. The molecule has 0 fully saturated rings. The number of amides is 1. The highest BCUT2D eigenvalue weighted by molar-refractivity contribution is 6.31. The van der Waals surface area contributed by atoms with Crippen LogP contribution >= 0.6 is 11.6 Å². The van der Waals surface area contributed by atoms with E-state index >= 15 is 0 Å². The van der Waals surface area contributed by atoms with E-state index in [2.05, 4.69) is 5.32 Å². The van der Waals surface area contributed by atoms with Gasteiger partial charge in [-0.1, -0.05) is 17.7 Å². The molecule has 142 valence electrons. The summed E-state index contributed by atoms with van der Waals surface area (Å²) < 4.78 is 43.0. The molecule has 7 nitrogen and oxygen atoms in total. The molecular weight excluding hydrogens is 393 g/mol. The molecule has 1 amide bonds. The van der Waals surface area contributed by atoms with Gasteiger partial charge in [-0.15, -0.1) is 0 Å². The zero-order valence-electron chi connectivity index (χ0n) is 13.2. The lowest BCUT2D eigenvalue weighted by Crippen LogP contribution is -2.21. The number of nitro benzene ring substituents is 1. The van der Waals surface area contributed by atoms with Crippen LogP contribution in [0.4, 0.5) is 24.5 Å². The van der Waals surface area contributed by atoms with E-state index in [1.165, 1.54) is 18.2 Å². The van der Waals surface area contributed by atoms with E-state index in [-0.39, 0.29) is 16.9 Å². The molecule has 0 aliphatic rings. The number of halogens is 4. The molecule has 0 aliphatic heterocycles. The highest BCUT2D eigenvalue weighted by Gasteiger charge is 2.33. The molecule has 0 atom stereocenters. The first-order valence-corrected chi connectivity index (χ1v) is 7.54. The summed E-state index contributed by atoms with van der Waals surface area (Å²) in [5.74, 6) is -1.90. The van der Waals surface area contributed by atoms with Gasteiger partial charge in [-0.2, -0.15) is 13.2 Å². The number of nitrogens with one attached hydrogen (secondary N) is 1. The minimum absolute atomic E-state index is 0.150. The van der Waals surface area contributed by atoms with Crippen LogP contribution in [0.3, 0.4) is 0 Å². The lowest BCUT2D eigenvalue weighted by molar-refractivity contribution is -0.384. The first-order valence-electron chi connectivity index (χ1n) is 7.16. The Labute approximate surface area is 154 Å². The van der Waals surface area contributed by atoms with Crippen molar-refractivity contribution in [2.75, 3.05) is 11.9 Å². The number of carbonyl (C=O) groups excluding carboxylic acids is 2. The largest absolute Gasteiger partial charge is 0.452 e. The monoisotopic (exact) mass is 402 g/mol. The van der Waals surface area contributed by atoms with Gasteiger partial charge in [0, 0.05) is 17.8 Å². The number of anilines is 1. The van der Waals surface area contributed by atoms with Crippen LogP contribution in [-0.4, -0.2) is 23.4 Å². The van der Waals surface area contributed by atoms with E-state index < -0.39 is 40.2 Å². The van der Waals surface area contributed by atoms with Crippen molar-refractivity contribution >= 4 is 34.9 Å². The van der Waals surface area contributed by atoms with Crippen molar-refractivity contribution in [1.29, 1.82) is 0 Å². The van der Waals surface area contributed by atoms with Crippen LogP contribution in [-0.2, 0) is 15.7 Å². The molecule has 0 unspecified atom stereocenters. The summed E-state index contributed by atoms with van der Waals surface area (Å²) in [5.41, 5.74) is -1.81. The van der Waals surface area contributed by atoms with Gasteiger partial charge in [0.05, 0.1) is 21.1 Å². The molecule has 2 aromatic carbocycles. The topological polar surface area (TPSA) is 98.5 Å². The second kappa shape index (κ2) is 8.04. The second-order valence-electron chi connectivity index (χ2n) is 5.12. The van der Waals surface area contributed by atoms with E-state index in [1.54, 1.807) is 0 Å². The number of carbonyl (C=O) groups is 2. The van der Waals surface area contributed by atoms with Gasteiger partial charge in [0.25, 0.3) is 11.6 Å². The molecule has 0 aliphatic carbocycles. The molecule has 2 aromatic rings. The first kappa shape index (κ1) is 20.2. The third-order valence-corrected chi connectivity index (χ3v) is 3.51. The van der Waals surface area contributed by atoms with Crippen LogP contribution in [0.1, 0.15) is 15.9 Å². The third kappa shape index (κ3) is 5.42. The lowest BCUT2D eigenvalue weighted by atomic mass is 10.2. The summed E-state index contributed by atoms with van der Waals surface area (Å²) in [7, 11) is 0. The molecular formula is C16H10ClF3N2O5. The van der Waals surface area contributed by atoms with Gasteiger partial charge in [0.1, 0.15) is 0 Å². The maximum Gasteiger partial charge on any atom is 0.417 e. The van der Waals surface area contributed by atoms with Crippen molar-refractivity contribution in [1.82, 2.24) is 0 Å². The Kier molecular flexibility index (Phi) is 6.01. The van der Waals surface area contributed by atoms with Crippen LogP contribution in [0, 0.1) is 10.1 Å². The van der Waals surface area contributed by atoms with E-state index in [1.807, 2.05) is 0 Å². The fourth-order valence-corrected chi connectivity index (χ4v) is 2.20. The van der Waals surface area contributed by atoms with E-state index in [0.29, 0.717) is 6.07 Å². The van der Waals surface area contributed by atoms with Crippen LogP contribution in [0.5, 0.6) is 0 Å². The Morgan fingerprint density at radius 2 is 1.89 bits per heavy atom. The maximum atomic E-state index is 12.8. The average Bonchev–Trinajstić information content (AvgIpc) is 2.60. The molecule has 0 bridgehead atoms. The molecule has 0 saturated carbocycles. The van der Waals surface area contributed by atoms with Gasteiger partial charge in [0.2, 0.25) is 0 Å². The van der Waals surface area contributed by atoms with Gasteiger partial charge >= 0.3 is 12.1 Å². The van der Waals surface area contributed by atoms with Gasteiger partial charge in [-0.3, -0.25) is 14.9 Å². The van der Waals surface area contributed by atoms with Crippen LogP contribution in [0.15, 0.2) is 42.5 Å². The molecule has 11 heteroatoms. The Morgan fingerprint density at radius 1 is 1.19 bits per heavy atom. The van der Waals surface area contributed by atoms with E-state index in [4.69, 9.17) is 16.3 Å². The predicted molar refractivity (Wildman–Crippen MR) is 88.5 cm³/mol. The molecule has 27 heavy (non-hydrogen) atoms. The van der Waals surface area contributed by atoms with Crippen molar-refractivity contribution in [2.24, 2.45) is 0 Å². The van der Waals surface area contributed by atoms with Crippen LogP contribution < -0.4 is 5.32 Å². The minimum atomic E-state index is -4.70. The number of nitrogens with zero attached hydrogens (tertiary/aromatic N) is 1. The van der Waals surface area contributed by atoms with E-state index in [9.17, 15) is 32.9 Å². The lowest BCUT2D eigenvalue weighted by Gasteiger charge is -2.12. The van der Waals surface area contributed by atoms with Crippen molar-refractivity contribution in [2.45, 2.75) is 6.18 Å². The Hall–Kier alpha value is -3.14. The summed E-state index contributed by atoms with van der Waals surface area (Å²) in [6.07, 6.45) is -4.70. The summed E-state index contributed by atoms with van der Waals surface area (Å²) in [4.78, 5) is 33.5. The predicted octanol–water partition coefficient (Wildman–Crippen LogP) is 4.06. The summed E-state index contributed by atoms with van der Waals surface area (Å²) in [6.45, 7) is -0.800. The van der Waals surface area contributed by atoms with Gasteiger partial charge < -0.3 is 10.1 Å². The quantitative estimate of drug-likeness (QED) is 0.462.